The number of hydrogen-bond donors (Lipinski definition) is 0. The average Bonchev–Trinajstić information content (AvgIpc) is 2.36. The van der Waals surface area contributed by atoms with Crippen LogP contribution in [0.1, 0.15) is 29.3 Å². The number of methoxy groups -OCH3 is 1. The second kappa shape index (κ2) is 6.68. The van der Waals surface area contributed by atoms with Gasteiger partial charge in [0, 0.05) is 6.42 Å². The molecule has 0 saturated carbocycles. The van der Waals surface area contributed by atoms with Gasteiger partial charge in [0.25, 0.3) is 0 Å². The number of rotatable bonds is 6. The Morgan fingerprint density at radius 2 is 2.18 bits per heavy atom. The summed E-state index contributed by atoms with van der Waals surface area (Å²) in [6.45, 7) is 2.10. The van der Waals surface area contributed by atoms with Crippen molar-refractivity contribution in [1.82, 2.24) is 0 Å². The van der Waals surface area contributed by atoms with Gasteiger partial charge in [-0.1, -0.05) is 0 Å². The second-order valence-electron chi connectivity index (χ2n) is 3.45. The monoisotopic (exact) mass is 236 g/mol. The number of ether oxygens (including phenoxy) is 2. The molecule has 0 radical (unpaired) electrons. The van der Waals surface area contributed by atoms with Crippen LogP contribution in [0.3, 0.4) is 0 Å². The van der Waals surface area contributed by atoms with E-state index in [0.29, 0.717) is 30.8 Å². The maximum absolute atomic E-state index is 11.5. The van der Waals surface area contributed by atoms with Crippen LogP contribution < -0.4 is 4.74 Å². The van der Waals surface area contributed by atoms with Crippen LogP contribution in [0.2, 0.25) is 0 Å². The summed E-state index contributed by atoms with van der Waals surface area (Å²) in [6.07, 6.45) is 1.80. The topological polar surface area (TPSA) is 52.6 Å². The summed E-state index contributed by atoms with van der Waals surface area (Å²) >= 11 is 0. The lowest BCUT2D eigenvalue weighted by Crippen LogP contribution is -2.06. The molecule has 4 nitrogen and oxygen atoms in total. The highest BCUT2D eigenvalue weighted by Crippen LogP contribution is 2.21. The fraction of sp³-hybridized carbons (Fsp3) is 0.385. The number of aldehydes is 1. The van der Waals surface area contributed by atoms with Crippen LogP contribution >= 0.6 is 0 Å². The van der Waals surface area contributed by atoms with Crippen molar-refractivity contribution in [1.29, 1.82) is 0 Å². The van der Waals surface area contributed by atoms with E-state index in [4.69, 9.17) is 9.47 Å². The molecule has 0 N–H and O–H groups in total. The van der Waals surface area contributed by atoms with Crippen LogP contribution in [0.4, 0.5) is 0 Å². The van der Waals surface area contributed by atoms with Crippen LogP contribution in [0.15, 0.2) is 18.2 Å². The molecule has 1 aromatic rings. The molecule has 0 bridgehead atoms. The van der Waals surface area contributed by atoms with Crippen LogP contribution in [0.25, 0.3) is 0 Å². The second-order valence-corrected chi connectivity index (χ2v) is 3.45. The summed E-state index contributed by atoms with van der Waals surface area (Å²) in [4.78, 5) is 21.9. The first-order valence-electron chi connectivity index (χ1n) is 5.50. The van der Waals surface area contributed by atoms with Crippen molar-refractivity contribution in [2.75, 3.05) is 13.7 Å². The minimum absolute atomic E-state index is 0.342. The van der Waals surface area contributed by atoms with E-state index in [1.165, 1.54) is 0 Å². The third-order valence-electron chi connectivity index (χ3n) is 2.32. The maximum atomic E-state index is 11.5. The minimum Gasteiger partial charge on any atom is -0.496 e. The van der Waals surface area contributed by atoms with E-state index >= 15 is 0 Å². The van der Waals surface area contributed by atoms with E-state index in [-0.39, 0.29) is 5.97 Å². The molecule has 92 valence electrons. The summed E-state index contributed by atoms with van der Waals surface area (Å²) in [5, 5.41) is 0. The van der Waals surface area contributed by atoms with Crippen molar-refractivity contribution in [3.8, 4) is 5.75 Å². The Bertz CT molecular complexity index is 398. The van der Waals surface area contributed by atoms with Crippen molar-refractivity contribution >= 4 is 12.3 Å². The predicted octanol–water partition coefficient (Wildman–Crippen LogP) is 2.00. The molecule has 4 heteroatoms. The molecule has 1 aromatic carbocycles. The zero-order chi connectivity index (χ0) is 12.7. The van der Waals surface area contributed by atoms with Gasteiger partial charge in [0.05, 0.1) is 19.3 Å². The molecule has 0 aliphatic rings. The number of aryl methyl sites for hydroxylation is 1. The lowest BCUT2D eigenvalue weighted by molar-refractivity contribution is -0.107. The Balaban J connectivity index is 2.95. The van der Waals surface area contributed by atoms with Gasteiger partial charge < -0.3 is 14.3 Å². The zero-order valence-corrected chi connectivity index (χ0v) is 10.1. The first-order chi connectivity index (χ1) is 8.22. The summed E-state index contributed by atoms with van der Waals surface area (Å²) in [7, 11) is 1.56. The quantitative estimate of drug-likeness (QED) is 0.560. The summed E-state index contributed by atoms with van der Waals surface area (Å²) in [5.41, 5.74) is 1.32. The molecule has 0 amide bonds. The predicted molar refractivity (Wildman–Crippen MR) is 63.3 cm³/mol. The van der Waals surface area contributed by atoms with Gasteiger partial charge in [0.2, 0.25) is 0 Å². The average molecular weight is 236 g/mol. The van der Waals surface area contributed by atoms with E-state index in [1.54, 1.807) is 32.2 Å². The Morgan fingerprint density at radius 1 is 1.41 bits per heavy atom. The highest BCUT2D eigenvalue weighted by Gasteiger charge is 2.10. The molecule has 0 aromatic heterocycles. The number of benzene rings is 1. The van der Waals surface area contributed by atoms with Crippen LogP contribution in [0.5, 0.6) is 5.75 Å². The van der Waals surface area contributed by atoms with E-state index in [9.17, 15) is 9.59 Å². The van der Waals surface area contributed by atoms with Crippen molar-refractivity contribution < 1.29 is 19.1 Å². The van der Waals surface area contributed by atoms with E-state index in [1.807, 2.05) is 0 Å². The van der Waals surface area contributed by atoms with Gasteiger partial charge in [0.15, 0.2) is 0 Å². The molecular formula is C13H16O4. The Kier molecular flexibility index (Phi) is 5.20. The number of hydrogen-bond acceptors (Lipinski definition) is 4. The largest absolute Gasteiger partial charge is 0.496 e. The summed E-state index contributed by atoms with van der Waals surface area (Å²) in [5.74, 6) is 0.322. The van der Waals surface area contributed by atoms with Gasteiger partial charge in [-0.3, -0.25) is 0 Å². The molecule has 17 heavy (non-hydrogen) atoms. The maximum Gasteiger partial charge on any atom is 0.338 e. The van der Waals surface area contributed by atoms with Crippen molar-refractivity contribution in [2.24, 2.45) is 0 Å². The molecule has 1 rings (SSSR count). The SMILES string of the molecule is CCOC(=O)c1ccc(OC)c(CCC=O)c1. The van der Waals surface area contributed by atoms with E-state index in [2.05, 4.69) is 0 Å². The fourth-order valence-electron chi connectivity index (χ4n) is 1.53. The first kappa shape index (κ1) is 13.2. The summed E-state index contributed by atoms with van der Waals surface area (Å²) < 4.78 is 10.1. The van der Waals surface area contributed by atoms with Gasteiger partial charge >= 0.3 is 5.97 Å². The Hall–Kier alpha value is -1.84. The molecule has 0 saturated heterocycles. The first-order valence-corrected chi connectivity index (χ1v) is 5.50. The molecule has 0 aliphatic heterocycles. The van der Waals surface area contributed by atoms with Crippen LogP contribution in [0, 0.1) is 0 Å². The zero-order valence-electron chi connectivity index (χ0n) is 10.1. The van der Waals surface area contributed by atoms with Crippen LogP contribution in [-0.2, 0) is 16.0 Å². The van der Waals surface area contributed by atoms with Crippen molar-refractivity contribution in [3.05, 3.63) is 29.3 Å². The standard InChI is InChI=1S/C13H16O4/c1-3-17-13(15)11-6-7-12(16-2)10(9-11)5-4-8-14/h6-9H,3-5H2,1-2H3. The lowest BCUT2D eigenvalue weighted by Gasteiger charge is -2.09. The molecule has 0 aliphatic carbocycles. The van der Waals surface area contributed by atoms with Gasteiger partial charge in [-0.05, 0) is 37.1 Å². The van der Waals surface area contributed by atoms with Gasteiger partial charge in [-0.15, -0.1) is 0 Å². The fourth-order valence-corrected chi connectivity index (χ4v) is 1.53. The number of carbonyl (C=O) groups excluding carboxylic acids is 2. The summed E-state index contributed by atoms with van der Waals surface area (Å²) in [6, 6.07) is 5.08. The van der Waals surface area contributed by atoms with Gasteiger partial charge in [-0.2, -0.15) is 0 Å². The minimum atomic E-state index is -0.359. The normalized spacial score (nSPS) is 9.76. The molecule has 0 spiro atoms. The van der Waals surface area contributed by atoms with Crippen molar-refractivity contribution in [3.63, 3.8) is 0 Å². The third kappa shape index (κ3) is 3.59. The Labute approximate surface area is 101 Å². The molecule has 0 heterocycles. The van der Waals surface area contributed by atoms with E-state index in [0.717, 1.165) is 11.8 Å². The highest BCUT2D eigenvalue weighted by atomic mass is 16.5. The molecule has 0 fully saturated rings. The van der Waals surface area contributed by atoms with E-state index < -0.39 is 0 Å². The highest BCUT2D eigenvalue weighted by molar-refractivity contribution is 5.89. The Morgan fingerprint density at radius 3 is 2.76 bits per heavy atom. The van der Waals surface area contributed by atoms with Gasteiger partial charge in [-0.25, -0.2) is 4.79 Å². The molecule has 0 atom stereocenters. The lowest BCUT2D eigenvalue weighted by atomic mass is 10.1. The third-order valence-corrected chi connectivity index (χ3v) is 2.32. The van der Waals surface area contributed by atoms with Crippen LogP contribution in [-0.4, -0.2) is 26.0 Å². The van der Waals surface area contributed by atoms with Crippen molar-refractivity contribution in [2.45, 2.75) is 19.8 Å². The number of esters is 1. The molecular weight excluding hydrogens is 220 g/mol. The molecule has 0 unspecified atom stereocenters. The van der Waals surface area contributed by atoms with Gasteiger partial charge in [0.1, 0.15) is 12.0 Å². The number of carbonyl (C=O) groups is 2. The smallest absolute Gasteiger partial charge is 0.338 e.